The van der Waals surface area contributed by atoms with E-state index in [2.05, 4.69) is 6.92 Å². The molecule has 1 aromatic rings. The Morgan fingerprint density at radius 3 is 2.38 bits per heavy atom. The van der Waals surface area contributed by atoms with E-state index in [1.165, 1.54) is 0 Å². The molecule has 16 heavy (non-hydrogen) atoms. The topological polar surface area (TPSA) is 38.7 Å². The molecule has 1 N–H and O–H groups in total. The molecule has 0 aliphatic carbocycles. The van der Waals surface area contributed by atoms with Gasteiger partial charge in [0.2, 0.25) is 0 Å². The zero-order valence-electron chi connectivity index (χ0n) is 9.98. The van der Waals surface area contributed by atoms with Crippen molar-refractivity contribution in [3.8, 4) is 11.5 Å². The lowest BCUT2D eigenvalue weighted by molar-refractivity contribution is 0.169. The molecule has 1 atom stereocenters. The van der Waals surface area contributed by atoms with Gasteiger partial charge in [-0.1, -0.05) is 26.0 Å². The Morgan fingerprint density at radius 1 is 1.19 bits per heavy atom. The van der Waals surface area contributed by atoms with Crippen molar-refractivity contribution in [3.63, 3.8) is 0 Å². The fourth-order valence-corrected chi connectivity index (χ4v) is 1.19. The highest BCUT2D eigenvalue weighted by Gasteiger charge is 2.06. The molecule has 0 aromatic heterocycles. The second-order valence-corrected chi connectivity index (χ2v) is 3.89. The molecule has 3 nitrogen and oxygen atoms in total. The number of para-hydroxylation sites is 2. The van der Waals surface area contributed by atoms with Crippen LogP contribution >= 0.6 is 0 Å². The molecular formula is C13H20O3. The standard InChI is InChI=1S/C13H20O3/c1-3-8-15-12-6-4-5-7-13(12)16-10-11(2)9-14/h4-7,11,14H,3,8-10H2,1-2H3. The van der Waals surface area contributed by atoms with Crippen molar-refractivity contribution in [2.24, 2.45) is 5.92 Å². The maximum atomic E-state index is 8.91. The zero-order valence-corrected chi connectivity index (χ0v) is 9.98. The van der Waals surface area contributed by atoms with Gasteiger partial charge >= 0.3 is 0 Å². The van der Waals surface area contributed by atoms with Crippen molar-refractivity contribution in [2.45, 2.75) is 20.3 Å². The highest BCUT2D eigenvalue weighted by molar-refractivity contribution is 5.39. The van der Waals surface area contributed by atoms with Gasteiger partial charge < -0.3 is 14.6 Å². The normalized spacial score (nSPS) is 12.2. The summed E-state index contributed by atoms with van der Waals surface area (Å²) in [5.74, 6) is 1.66. The van der Waals surface area contributed by atoms with Crippen molar-refractivity contribution in [2.75, 3.05) is 19.8 Å². The minimum absolute atomic E-state index is 0.137. The Morgan fingerprint density at radius 2 is 1.81 bits per heavy atom. The Balaban J connectivity index is 2.56. The molecule has 1 unspecified atom stereocenters. The maximum Gasteiger partial charge on any atom is 0.161 e. The fourth-order valence-electron chi connectivity index (χ4n) is 1.19. The van der Waals surface area contributed by atoms with E-state index < -0.39 is 0 Å². The van der Waals surface area contributed by atoms with Crippen molar-refractivity contribution in [1.82, 2.24) is 0 Å². The summed E-state index contributed by atoms with van der Waals surface area (Å²) >= 11 is 0. The molecule has 1 aromatic carbocycles. The molecule has 0 saturated heterocycles. The van der Waals surface area contributed by atoms with Gasteiger partial charge in [-0.3, -0.25) is 0 Å². The molecule has 1 rings (SSSR count). The smallest absolute Gasteiger partial charge is 0.161 e. The Bertz CT molecular complexity index is 299. The van der Waals surface area contributed by atoms with Gasteiger partial charge in [-0.25, -0.2) is 0 Å². The number of aliphatic hydroxyl groups excluding tert-OH is 1. The monoisotopic (exact) mass is 224 g/mol. The van der Waals surface area contributed by atoms with E-state index in [4.69, 9.17) is 14.6 Å². The van der Waals surface area contributed by atoms with Crippen LogP contribution in [-0.4, -0.2) is 24.9 Å². The summed E-state index contributed by atoms with van der Waals surface area (Å²) in [6.07, 6.45) is 0.974. The van der Waals surface area contributed by atoms with Crippen LogP contribution in [0.4, 0.5) is 0 Å². The molecule has 0 fully saturated rings. The van der Waals surface area contributed by atoms with E-state index >= 15 is 0 Å². The lowest BCUT2D eigenvalue weighted by Gasteiger charge is -2.14. The van der Waals surface area contributed by atoms with E-state index in [1.54, 1.807) is 0 Å². The van der Waals surface area contributed by atoms with Crippen LogP contribution in [0.1, 0.15) is 20.3 Å². The summed E-state index contributed by atoms with van der Waals surface area (Å²) in [6.45, 7) is 5.34. The first-order valence-corrected chi connectivity index (χ1v) is 5.73. The first-order valence-electron chi connectivity index (χ1n) is 5.73. The molecule has 0 amide bonds. The third kappa shape index (κ3) is 4.11. The van der Waals surface area contributed by atoms with Gasteiger partial charge in [-0.2, -0.15) is 0 Å². The van der Waals surface area contributed by atoms with Gasteiger partial charge in [0.1, 0.15) is 0 Å². The first-order chi connectivity index (χ1) is 7.77. The summed E-state index contributed by atoms with van der Waals surface area (Å²) in [4.78, 5) is 0. The highest BCUT2D eigenvalue weighted by Crippen LogP contribution is 2.26. The maximum absolute atomic E-state index is 8.91. The SMILES string of the molecule is CCCOc1ccccc1OCC(C)CO. The van der Waals surface area contributed by atoms with Crippen LogP contribution in [0.25, 0.3) is 0 Å². The minimum Gasteiger partial charge on any atom is -0.490 e. The fraction of sp³-hybridized carbons (Fsp3) is 0.538. The van der Waals surface area contributed by atoms with E-state index in [-0.39, 0.29) is 12.5 Å². The summed E-state index contributed by atoms with van der Waals surface area (Å²) in [5, 5.41) is 8.91. The summed E-state index contributed by atoms with van der Waals surface area (Å²) in [7, 11) is 0. The van der Waals surface area contributed by atoms with Crippen LogP contribution in [0, 0.1) is 5.92 Å². The summed E-state index contributed by atoms with van der Waals surface area (Å²) in [6, 6.07) is 7.62. The van der Waals surface area contributed by atoms with Crippen LogP contribution in [0.15, 0.2) is 24.3 Å². The van der Waals surface area contributed by atoms with E-state index in [9.17, 15) is 0 Å². The molecular weight excluding hydrogens is 204 g/mol. The third-order valence-corrected chi connectivity index (χ3v) is 2.15. The number of ether oxygens (including phenoxy) is 2. The number of rotatable bonds is 7. The van der Waals surface area contributed by atoms with Crippen LogP contribution in [0.5, 0.6) is 11.5 Å². The average molecular weight is 224 g/mol. The van der Waals surface area contributed by atoms with Gasteiger partial charge in [0.05, 0.1) is 13.2 Å². The van der Waals surface area contributed by atoms with E-state index in [1.807, 2.05) is 31.2 Å². The third-order valence-electron chi connectivity index (χ3n) is 2.15. The molecule has 90 valence electrons. The van der Waals surface area contributed by atoms with Gasteiger partial charge in [0.25, 0.3) is 0 Å². The Kier molecular flexibility index (Phi) is 5.72. The largest absolute Gasteiger partial charge is 0.490 e. The molecule has 0 heterocycles. The average Bonchev–Trinajstić information content (AvgIpc) is 2.34. The lowest BCUT2D eigenvalue weighted by Crippen LogP contribution is -2.12. The van der Waals surface area contributed by atoms with Crippen molar-refractivity contribution < 1.29 is 14.6 Å². The molecule has 0 aliphatic rings. The van der Waals surface area contributed by atoms with E-state index in [0.717, 1.165) is 17.9 Å². The van der Waals surface area contributed by atoms with Crippen LogP contribution in [-0.2, 0) is 0 Å². The van der Waals surface area contributed by atoms with Gasteiger partial charge in [-0.05, 0) is 18.6 Å². The van der Waals surface area contributed by atoms with Crippen LogP contribution < -0.4 is 9.47 Å². The predicted octanol–water partition coefficient (Wildman–Crippen LogP) is 2.48. The van der Waals surface area contributed by atoms with Gasteiger partial charge in [0, 0.05) is 12.5 Å². The Hall–Kier alpha value is -1.22. The summed E-state index contributed by atoms with van der Waals surface area (Å²) < 4.78 is 11.2. The molecule has 0 saturated carbocycles. The molecule has 0 aliphatic heterocycles. The highest BCUT2D eigenvalue weighted by atomic mass is 16.5. The van der Waals surface area contributed by atoms with Gasteiger partial charge in [-0.15, -0.1) is 0 Å². The molecule has 0 radical (unpaired) electrons. The molecule has 0 bridgehead atoms. The second-order valence-electron chi connectivity index (χ2n) is 3.89. The van der Waals surface area contributed by atoms with Crippen LogP contribution in [0.2, 0.25) is 0 Å². The number of hydrogen-bond donors (Lipinski definition) is 1. The van der Waals surface area contributed by atoms with Crippen molar-refractivity contribution in [3.05, 3.63) is 24.3 Å². The van der Waals surface area contributed by atoms with Crippen LogP contribution in [0.3, 0.4) is 0 Å². The predicted molar refractivity (Wildman–Crippen MR) is 64.0 cm³/mol. The zero-order chi connectivity index (χ0) is 11.8. The minimum atomic E-state index is 0.137. The second kappa shape index (κ2) is 7.12. The molecule has 3 heteroatoms. The number of aliphatic hydroxyl groups is 1. The van der Waals surface area contributed by atoms with Gasteiger partial charge in [0.15, 0.2) is 11.5 Å². The summed E-state index contributed by atoms with van der Waals surface area (Å²) in [5.41, 5.74) is 0. The number of hydrogen-bond acceptors (Lipinski definition) is 3. The van der Waals surface area contributed by atoms with E-state index in [0.29, 0.717) is 13.2 Å². The quantitative estimate of drug-likeness (QED) is 0.773. The van der Waals surface area contributed by atoms with Crippen molar-refractivity contribution >= 4 is 0 Å². The molecule has 0 spiro atoms. The first kappa shape index (κ1) is 12.8. The number of benzene rings is 1. The lowest BCUT2D eigenvalue weighted by atomic mass is 10.2. The van der Waals surface area contributed by atoms with Crippen molar-refractivity contribution in [1.29, 1.82) is 0 Å². The Labute approximate surface area is 97.0 Å².